The van der Waals surface area contributed by atoms with Crippen LogP contribution in [0.3, 0.4) is 0 Å². The van der Waals surface area contributed by atoms with Gasteiger partial charge in [-0.1, -0.05) is 19.1 Å². The van der Waals surface area contributed by atoms with Crippen LogP contribution in [0.15, 0.2) is 18.2 Å². The molecule has 2 atom stereocenters. The molecule has 3 heteroatoms. The van der Waals surface area contributed by atoms with Crippen molar-refractivity contribution in [1.82, 2.24) is 4.90 Å². The van der Waals surface area contributed by atoms with Gasteiger partial charge in [0, 0.05) is 37.9 Å². The first kappa shape index (κ1) is 14.9. The van der Waals surface area contributed by atoms with Crippen LogP contribution in [0.2, 0.25) is 0 Å². The molecule has 2 N–H and O–H groups in total. The van der Waals surface area contributed by atoms with Gasteiger partial charge in [-0.15, -0.1) is 0 Å². The highest BCUT2D eigenvalue weighted by molar-refractivity contribution is 5.56. The van der Waals surface area contributed by atoms with Crippen molar-refractivity contribution in [2.24, 2.45) is 5.73 Å². The van der Waals surface area contributed by atoms with Gasteiger partial charge in [0.15, 0.2) is 0 Å². The molecule has 3 rings (SSSR count). The van der Waals surface area contributed by atoms with Gasteiger partial charge in [-0.2, -0.15) is 0 Å². The van der Waals surface area contributed by atoms with E-state index in [0.29, 0.717) is 6.04 Å². The van der Waals surface area contributed by atoms with Crippen LogP contribution < -0.4 is 10.6 Å². The minimum atomic E-state index is 0.398. The molecule has 0 spiro atoms. The van der Waals surface area contributed by atoms with Crippen LogP contribution in [-0.2, 0) is 6.42 Å². The van der Waals surface area contributed by atoms with E-state index < -0.39 is 0 Å². The van der Waals surface area contributed by atoms with Crippen molar-refractivity contribution in [3.63, 3.8) is 0 Å². The van der Waals surface area contributed by atoms with Gasteiger partial charge in [-0.3, -0.25) is 4.90 Å². The molecule has 1 aromatic carbocycles. The van der Waals surface area contributed by atoms with E-state index in [0.717, 1.165) is 12.6 Å². The fourth-order valence-electron chi connectivity index (χ4n) is 4.18. The quantitative estimate of drug-likeness (QED) is 0.924. The summed E-state index contributed by atoms with van der Waals surface area (Å²) in [4.78, 5) is 5.03. The van der Waals surface area contributed by atoms with Gasteiger partial charge in [-0.25, -0.2) is 0 Å². The maximum Gasteiger partial charge on any atom is 0.0473 e. The molecular formula is C18H29N3. The Kier molecular flexibility index (Phi) is 4.51. The summed E-state index contributed by atoms with van der Waals surface area (Å²) in [6, 6.07) is 8.16. The van der Waals surface area contributed by atoms with E-state index in [2.05, 4.69) is 42.0 Å². The van der Waals surface area contributed by atoms with Crippen molar-refractivity contribution < 1.29 is 0 Å². The normalized spacial score (nSPS) is 24.1. The van der Waals surface area contributed by atoms with Crippen LogP contribution in [-0.4, -0.2) is 37.6 Å². The molecule has 0 aliphatic carbocycles. The fraction of sp³-hybridized carbons (Fsp3) is 0.667. The van der Waals surface area contributed by atoms with Gasteiger partial charge in [0.2, 0.25) is 0 Å². The molecule has 116 valence electrons. The summed E-state index contributed by atoms with van der Waals surface area (Å²) in [5.41, 5.74) is 10.5. The molecule has 1 aromatic rings. The van der Waals surface area contributed by atoms with Gasteiger partial charge in [-0.05, 0) is 55.8 Å². The topological polar surface area (TPSA) is 32.5 Å². The first-order chi connectivity index (χ1) is 10.2. The summed E-state index contributed by atoms with van der Waals surface area (Å²) in [5, 5.41) is 0. The molecule has 0 saturated carbocycles. The van der Waals surface area contributed by atoms with E-state index in [1.54, 1.807) is 0 Å². The maximum absolute atomic E-state index is 6.15. The fourth-order valence-corrected chi connectivity index (χ4v) is 4.18. The SMILES string of the molecule is CCC1CCCN1C(CN)c1ccc2c(c1)CCCN2C. The second kappa shape index (κ2) is 6.37. The second-order valence-electron chi connectivity index (χ2n) is 6.61. The van der Waals surface area contributed by atoms with Gasteiger partial charge in [0.05, 0.1) is 0 Å². The zero-order chi connectivity index (χ0) is 14.8. The highest BCUT2D eigenvalue weighted by atomic mass is 15.2. The number of nitrogens with zero attached hydrogens (tertiary/aromatic N) is 2. The lowest BCUT2D eigenvalue weighted by molar-refractivity contribution is 0.180. The third-order valence-corrected chi connectivity index (χ3v) is 5.36. The Balaban J connectivity index is 1.87. The molecule has 2 unspecified atom stereocenters. The number of likely N-dealkylation sites (tertiary alicyclic amines) is 1. The second-order valence-corrected chi connectivity index (χ2v) is 6.61. The van der Waals surface area contributed by atoms with Gasteiger partial charge < -0.3 is 10.6 Å². The van der Waals surface area contributed by atoms with Crippen LogP contribution in [0, 0.1) is 0 Å². The molecule has 3 nitrogen and oxygen atoms in total. The molecular weight excluding hydrogens is 258 g/mol. The van der Waals surface area contributed by atoms with Gasteiger partial charge in [0.25, 0.3) is 0 Å². The lowest BCUT2D eigenvalue weighted by Gasteiger charge is -2.34. The standard InChI is InChI=1S/C18H29N3/c1-3-16-7-5-11-21(16)18(13-19)15-8-9-17-14(12-15)6-4-10-20(17)2/h8-9,12,16,18H,3-7,10-11,13,19H2,1-2H3. The molecule has 0 radical (unpaired) electrons. The summed E-state index contributed by atoms with van der Waals surface area (Å²) in [7, 11) is 2.20. The minimum absolute atomic E-state index is 0.398. The van der Waals surface area contributed by atoms with Crippen molar-refractivity contribution in [3.8, 4) is 0 Å². The van der Waals surface area contributed by atoms with Crippen molar-refractivity contribution in [1.29, 1.82) is 0 Å². The summed E-state index contributed by atoms with van der Waals surface area (Å²) < 4.78 is 0. The number of hydrogen-bond donors (Lipinski definition) is 1. The molecule has 2 aliphatic rings. The summed E-state index contributed by atoms with van der Waals surface area (Å²) in [6.45, 7) is 5.41. The van der Waals surface area contributed by atoms with E-state index in [1.807, 2.05) is 0 Å². The van der Waals surface area contributed by atoms with E-state index in [1.165, 1.54) is 62.0 Å². The average Bonchev–Trinajstić information content (AvgIpc) is 2.96. The monoisotopic (exact) mass is 287 g/mol. The predicted molar refractivity (Wildman–Crippen MR) is 89.8 cm³/mol. The Bertz CT molecular complexity index is 485. The Hall–Kier alpha value is -1.06. The number of hydrogen-bond acceptors (Lipinski definition) is 3. The van der Waals surface area contributed by atoms with E-state index in [4.69, 9.17) is 5.73 Å². The van der Waals surface area contributed by atoms with E-state index in [-0.39, 0.29) is 0 Å². The van der Waals surface area contributed by atoms with Crippen molar-refractivity contribution in [3.05, 3.63) is 29.3 Å². The lowest BCUT2D eigenvalue weighted by atomic mass is 9.95. The van der Waals surface area contributed by atoms with Crippen LogP contribution in [0.5, 0.6) is 0 Å². The number of aryl methyl sites for hydroxylation is 1. The summed E-state index contributed by atoms with van der Waals surface area (Å²) in [5.74, 6) is 0. The Morgan fingerprint density at radius 2 is 2.14 bits per heavy atom. The number of benzene rings is 1. The lowest BCUT2D eigenvalue weighted by Crippen LogP contribution is -2.37. The number of nitrogens with two attached hydrogens (primary N) is 1. The highest BCUT2D eigenvalue weighted by Gasteiger charge is 2.30. The molecule has 1 saturated heterocycles. The molecule has 0 aromatic heterocycles. The smallest absolute Gasteiger partial charge is 0.0473 e. The van der Waals surface area contributed by atoms with Gasteiger partial charge >= 0.3 is 0 Å². The first-order valence-electron chi connectivity index (χ1n) is 8.54. The Labute approximate surface area is 129 Å². The van der Waals surface area contributed by atoms with Gasteiger partial charge in [0.1, 0.15) is 0 Å². The number of rotatable bonds is 4. The molecule has 1 fully saturated rings. The third-order valence-electron chi connectivity index (χ3n) is 5.36. The zero-order valence-corrected chi connectivity index (χ0v) is 13.5. The van der Waals surface area contributed by atoms with Crippen molar-refractivity contribution in [2.75, 3.05) is 31.6 Å². The molecule has 0 amide bonds. The number of anilines is 1. The van der Waals surface area contributed by atoms with Crippen molar-refractivity contribution in [2.45, 2.75) is 51.1 Å². The Morgan fingerprint density at radius 3 is 2.90 bits per heavy atom. The third kappa shape index (κ3) is 2.82. The molecule has 0 bridgehead atoms. The van der Waals surface area contributed by atoms with Crippen LogP contribution in [0.1, 0.15) is 49.8 Å². The summed E-state index contributed by atoms with van der Waals surface area (Å²) in [6.07, 6.45) is 6.37. The summed E-state index contributed by atoms with van der Waals surface area (Å²) >= 11 is 0. The predicted octanol–water partition coefficient (Wildman–Crippen LogP) is 2.94. The largest absolute Gasteiger partial charge is 0.374 e. The molecule has 2 aliphatic heterocycles. The van der Waals surface area contributed by atoms with Crippen LogP contribution in [0.4, 0.5) is 5.69 Å². The molecule has 21 heavy (non-hydrogen) atoms. The zero-order valence-electron chi connectivity index (χ0n) is 13.5. The van der Waals surface area contributed by atoms with E-state index >= 15 is 0 Å². The van der Waals surface area contributed by atoms with Crippen LogP contribution in [0.25, 0.3) is 0 Å². The van der Waals surface area contributed by atoms with Crippen molar-refractivity contribution >= 4 is 5.69 Å². The minimum Gasteiger partial charge on any atom is -0.374 e. The highest BCUT2D eigenvalue weighted by Crippen LogP contribution is 2.34. The van der Waals surface area contributed by atoms with Crippen LogP contribution >= 0.6 is 0 Å². The number of fused-ring (bicyclic) bond motifs is 1. The first-order valence-corrected chi connectivity index (χ1v) is 8.54. The average molecular weight is 287 g/mol. The maximum atomic E-state index is 6.15. The van der Waals surface area contributed by atoms with E-state index in [9.17, 15) is 0 Å². The Morgan fingerprint density at radius 1 is 1.29 bits per heavy atom. The molecule has 2 heterocycles.